The van der Waals surface area contributed by atoms with Gasteiger partial charge in [0.1, 0.15) is 4.90 Å². The van der Waals surface area contributed by atoms with Crippen LogP contribution in [0.5, 0.6) is 0 Å². The van der Waals surface area contributed by atoms with E-state index in [1.165, 1.54) is 10.4 Å². The van der Waals surface area contributed by atoms with Crippen molar-refractivity contribution in [2.75, 3.05) is 26.2 Å². The molecule has 1 heterocycles. The fourth-order valence-corrected chi connectivity index (χ4v) is 4.75. The van der Waals surface area contributed by atoms with Crippen molar-refractivity contribution in [2.24, 2.45) is 11.7 Å². The van der Waals surface area contributed by atoms with E-state index in [4.69, 9.17) is 17.3 Å². The van der Waals surface area contributed by atoms with Crippen molar-refractivity contribution < 1.29 is 13.2 Å². The Morgan fingerprint density at radius 2 is 2.22 bits per heavy atom. The van der Waals surface area contributed by atoms with Gasteiger partial charge in [0.25, 0.3) is 0 Å². The predicted octanol–water partition coefficient (Wildman–Crippen LogP) is 1.12. The van der Waals surface area contributed by atoms with Crippen LogP contribution in [0.4, 0.5) is 0 Å². The smallest absolute Gasteiger partial charge is 0.244 e. The number of aryl methyl sites for hydroxylation is 1. The van der Waals surface area contributed by atoms with Gasteiger partial charge in [0.15, 0.2) is 0 Å². The third-order valence-corrected chi connectivity index (χ3v) is 6.49. The maximum Gasteiger partial charge on any atom is 0.244 e. The highest BCUT2D eigenvalue weighted by Gasteiger charge is 2.34. The lowest BCUT2D eigenvalue weighted by Gasteiger charge is -2.31. The molecule has 1 fully saturated rings. The Morgan fingerprint density at radius 1 is 1.48 bits per heavy atom. The van der Waals surface area contributed by atoms with Gasteiger partial charge >= 0.3 is 0 Å². The molecule has 1 unspecified atom stereocenters. The van der Waals surface area contributed by atoms with Crippen LogP contribution in [0, 0.1) is 12.8 Å². The maximum atomic E-state index is 12.8. The predicted molar refractivity (Wildman–Crippen MR) is 89.7 cm³/mol. The zero-order valence-electron chi connectivity index (χ0n) is 13.1. The van der Waals surface area contributed by atoms with Crippen LogP contribution in [0.15, 0.2) is 23.1 Å². The molecule has 0 aromatic heterocycles. The summed E-state index contributed by atoms with van der Waals surface area (Å²) in [5.74, 6) is -0.501. The molecule has 1 aliphatic heterocycles. The summed E-state index contributed by atoms with van der Waals surface area (Å²) >= 11 is 6.17. The molecule has 1 amide bonds. The Bertz CT molecular complexity index is 679. The zero-order valence-corrected chi connectivity index (χ0v) is 14.7. The molecule has 0 spiro atoms. The summed E-state index contributed by atoms with van der Waals surface area (Å²) in [6.07, 6.45) is 1.31. The van der Waals surface area contributed by atoms with Crippen LogP contribution >= 0.6 is 11.6 Å². The third kappa shape index (κ3) is 4.03. The Labute approximate surface area is 142 Å². The second-order valence-corrected chi connectivity index (χ2v) is 7.95. The lowest BCUT2D eigenvalue weighted by atomic mass is 9.99. The second-order valence-electron chi connectivity index (χ2n) is 5.67. The van der Waals surface area contributed by atoms with E-state index in [0.717, 1.165) is 0 Å². The number of nitrogens with one attached hydrogen (secondary N) is 1. The summed E-state index contributed by atoms with van der Waals surface area (Å²) in [5.41, 5.74) is 6.08. The first-order chi connectivity index (χ1) is 10.9. The topological polar surface area (TPSA) is 92.5 Å². The molecule has 1 atom stereocenters. The summed E-state index contributed by atoms with van der Waals surface area (Å²) in [7, 11) is -3.71. The van der Waals surface area contributed by atoms with Crippen molar-refractivity contribution in [2.45, 2.75) is 24.7 Å². The molecule has 1 aliphatic rings. The number of nitrogens with two attached hydrogens (primary N) is 1. The quantitative estimate of drug-likeness (QED) is 0.824. The van der Waals surface area contributed by atoms with E-state index in [1.807, 2.05) is 0 Å². The number of carbonyl (C=O) groups excluding carboxylic acids is 1. The molecule has 2 rings (SSSR count). The first-order valence-electron chi connectivity index (χ1n) is 7.61. The van der Waals surface area contributed by atoms with E-state index in [1.54, 1.807) is 19.1 Å². The molecule has 0 radical (unpaired) electrons. The molecule has 1 saturated heterocycles. The summed E-state index contributed by atoms with van der Waals surface area (Å²) in [4.78, 5) is 12.2. The van der Waals surface area contributed by atoms with E-state index in [2.05, 4.69) is 5.32 Å². The number of piperidine rings is 1. The van der Waals surface area contributed by atoms with Crippen molar-refractivity contribution in [1.82, 2.24) is 9.62 Å². The molecule has 1 aromatic carbocycles. The fourth-order valence-electron chi connectivity index (χ4n) is 2.67. The summed E-state index contributed by atoms with van der Waals surface area (Å²) < 4.78 is 27.0. The summed E-state index contributed by atoms with van der Waals surface area (Å²) in [6.45, 7) is 3.09. The number of halogens is 1. The highest BCUT2D eigenvalue weighted by atomic mass is 35.5. The van der Waals surface area contributed by atoms with Gasteiger partial charge in [-0.25, -0.2) is 8.42 Å². The number of amides is 1. The van der Waals surface area contributed by atoms with Crippen LogP contribution in [-0.2, 0) is 14.8 Å². The number of benzene rings is 1. The SMILES string of the molecule is Cc1cccc(S(=O)(=O)N2CCCC(C(=O)NCCN)C2)c1Cl. The van der Waals surface area contributed by atoms with Gasteiger partial charge in [-0.1, -0.05) is 23.7 Å². The maximum absolute atomic E-state index is 12.8. The largest absolute Gasteiger partial charge is 0.355 e. The minimum atomic E-state index is -3.71. The molecule has 6 nitrogen and oxygen atoms in total. The first-order valence-corrected chi connectivity index (χ1v) is 9.42. The molecule has 3 N–H and O–H groups in total. The van der Waals surface area contributed by atoms with Crippen molar-refractivity contribution in [3.63, 3.8) is 0 Å². The number of nitrogens with zero attached hydrogens (tertiary/aromatic N) is 1. The van der Waals surface area contributed by atoms with Gasteiger partial charge in [0, 0.05) is 26.2 Å². The Hall–Kier alpha value is -1.15. The zero-order chi connectivity index (χ0) is 17.0. The van der Waals surface area contributed by atoms with Crippen LogP contribution in [0.1, 0.15) is 18.4 Å². The van der Waals surface area contributed by atoms with Crippen molar-refractivity contribution in [3.8, 4) is 0 Å². The molecule has 1 aromatic rings. The van der Waals surface area contributed by atoms with Crippen molar-refractivity contribution in [1.29, 1.82) is 0 Å². The fraction of sp³-hybridized carbons (Fsp3) is 0.533. The number of carbonyl (C=O) groups is 1. The minimum absolute atomic E-state index is 0.0992. The van der Waals surface area contributed by atoms with Gasteiger partial charge in [-0.05, 0) is 31.4 Å². The minimum Gasteiger partial charge on any atom is -0.355 e. The molecule has 128 valence electrons. The molecule has 0 aliphatic carbocycles. The van der Waals surface area contributed by atoms with Crippen LogP contribution in [-0.4, -0.2) is 44.8 Å². The standard InChI is InChI=1S/C15H22ClN3O3S/c1-11-4-2-6-13(14(11)16)23(21,22)19-9-3-5-12(10-19)15(20)18-8-7-17/h2,4,6,12H,3,5,7-10,17H2,1H3,(H,18,20). The monoisotopic (exact) mass is 359 g/mol. The van der Waals surface area contributed by atoms with Gasteiger partial charge in [0.05, 0.1) is 10.9 Å². The number of hydrogen-bond donors (Lipinski definition) is 2. The Kier molecular flexibility index (Phi) is 6.02. The van der Waals surface area contributed by atoms with Crippen molar-refractivity contribution in [3.05, 3.63) is 28.8 Å². The van der Waals surface area contributed by atoms with E-state index < -0.39 is 10.0 Å². The van der Waals surface area contributed by atoms with Gasteiger partial charge in [0.2, 0.25) is 15.9 Å². The lowest BCUT2D eigenvalue weighted by Crippen LogP contribution is -2.46. The first kappa shape index (κ1) is 18.2. The number of sulfonamides is 1. The van der Waals surface area contributed by atoms with Crippen LogP contribution < -0.4 is 11.1 Å². The Morgan fingerprint density at radius 3 is 2.91 bits per heavy atom. The van der Waals surface area contributed by atoms with E-state index >= 15 is 0 Å². The van der Waals surface area contributed by atoms with Gasteiger partial charge in [-0.2, -0.15) is 4.31 Å². The number of rotatable bonds is 5. The lowest BCUT2D eigenvalue weighted by molar-refractivity contribution is -0.126. The van der Waals surface area contributed by atoms with Gasteiger partial charge < -0.3 is 11.1 Å². The van der Waals surface area contributed by atoms with Gasteiger partial charge in [-0.3, -0.25) is 4.79 Å². The molecule has 23 heavy (non-hydrogen) atoms. The molecule has 0 bridgehead atoms. The van der Waals surface area contributed by atoms with E-state index in [-0.39, 0.29) is 28.3 Å². The highest BCUT2D eigenvalue weighted by Crippen LogP contribution is 2.30. The molecular formula is C15H22ClN3O3S. The van der Waals surface area contributed by atoms with Crippen LogP contribution in [0.25, 0.3) is 0 Å². The highest BCUT2D eigenvalue weighted by molar-refractivity contribution is 7.89. The Balaban J connectivity index is 2.20. The van der Waals surface area contributed by atoms with Crippen LogP contribution in [0.3, 0.4) is 0 Å². The average Bonchev–Trinajstić information content (AvgIpc) is 2.55. The molecular weight excluding hydrogens is 338 g/mol. The second kappa shape index (κ2) is 7.61. The molecule has 0 saturated carbocycles. The normalized spacial score (nSPS) is 19.5. The molecule has 8 heteroatoms. The van der Waals surface area contributed by atoms with E-state index in [0.29, 0.717) is 38.0 Å². The van der Waals surface area contributed by atoms with Crippen molar-refractivity contribution >= 4 is 27.5 Å². The average molecular weight is 360 g/mol. The summed E-state index contributed by atoms with van der Waals surface area (Å²) in [6, 6.07) is 4.94. The van der Waals surface area contributed by atoms with Gasteiger partial charge in [-0.15, -0.1) is 0 Å². The third-order valence-electron chi connectivity index (χ3n) is 3.97. The number of hydrogen-bond acceptors (Lipinski definition) is 4. The van der Waals surface area contributed by atoms with E-state index in [9.17, 15) is 13.2 Å². The summed E-state index contributed by atoms with van der Waals surface area (Å²) in [5, 5.41) is 2.96. The van der Waals surface area contributed by atoms with Crippen LogP contribution in [0.2, 0.25) is 5.02 Å².